The molecule has 0 bridgehead atoms. The molecule has 1 aliphatic rings. The van der Waals surface area contributed by atoms with Crippen LogP contribution in [0.5, 0.6) is 0 Å². The number of nitrogens with zero attached hydrogens (tertiary/aromatic N) is 1. The van der Waals surface area contributed by atoms with Gasteiger partial charge >= 0.3 is 0 Å². The summed E-state index contributed by atoms with van der Waals surface area (Å²) in [4.78, 5) is 2.70. The molecule has 1 saturated heterocycles. The minimum atomic E-state index is 0.600. The first-order valence-corrected chi connectivity index (χ1v) is 10.4. The van der Waals surface area contributed by atoms with Gasteiger partial charge in [0.25, 0.3) is 0 Å². The second-order valence-electron chi connectivity index (χ2n) is 7.68. The van der Waals surface area contributed by atoms with Crippen molar-refractivity contribution in [2.24, 2.45) is 17.8 Å². The summed E-state index contributed by atoms with van der Waals surface area (Å²) >= 11 is 0. The maximum absolute atomic E-state index is 3.47. The summed E-state index contributed by atoms with van der Waals surface area (Å²) < 4.78 is 0. The topological polar surface area (TPSA) is 3.24 Å². The van der Waals surface area contributed by atoms with Crippen LogP contribution in [0.15, 0.2) is 0 Å². The first-order valence-electron chi connectivity index (χ1n) is 10.4. The third-order valence-electron chi connectivity index (χ3n) is 5.64. The summed E-state index contributed by atoms with van der Waals surface area (Å²) in [5.74, 6) is 9.37. The lowest BCUT2D eigenvalue weighted by molar-refractivity contribution is 0.154. The second kappa shape index (κ2) is 12.9. The fourth-order valence-electron chi connectivity index (χ4n) is 3.67. The standard InChI is InChI=1S/C22H41N/c1-5-8-9-12-20(4)13-10-11-14-22-15-17-23(18-16-22)19-21(6-2)7-3/h20-22H,5-9,11-12,14-19H2,1-4H3. The van der Waals surface area contributed by atoms with Gasteiger partial charge in [0.2, 0.25) is 0 Å². The lowest BCUT2D eigenvalue weighted by Crippen LogP contribution is -2.36. The quantitative estimate of drug-likeness (QED) is 0.345. The number of hydrogen-bond donors (Lipinski definition) is 0. The van der Waals surface area contributed by atoms with E-state index in [1.807, 2.05) is 0 Å². The zero-order valence-corrected chi connectivity index (χ0v) is 16.4. The number of piperidine rings is 1. The predicted molar refractivity (Wildman–Crippen MR) is 104 cm³/mol. The van der Waals surface area contributed by atoms with Gasteiger partial charge in [-0.3, -0.25) is 0 Å². The van der Waals surface area contributed by atoms with Crippen LogP contribution < -0.4 is 0 Å². The number of rotatable bonds is 10. The van der Waals surface area contributed by atoms with Crippen LogP contribution in [0.2, 0.25) is 0 Å². The molecule has 0 aliphatic carbocycles. The van der Waals surface area contributed by atoms with E-state index in [4.69, 9.17) is 0 Å². The first-order chi connectivity index (χ1) is 11.2. The third-order valence-corrected chi connectivity index (χ3v) is 5.64. The maximum Gasteiger partial charge on any atom is 0.0174 e. The largest absolute Gasteiger partial charge is 0.303 e. The molecule has 0 aromatic rings. The Balaban J connectivity index is 2.12. The van der Waals surface area contributed by atoms with Crippen molar-refractivity contribution in [2.45, 2.75) is 91.9 Å². The fraction of sp³-hybridized carbons (Fsp3) is 0.909. The van der Waals surface area contributed by atoms with Crippen molar-refractivity contribution in [3.05, 3.63) is 0 Å². The van der Waals surface area contributed by atoms with Crippen LogP contribution >= 0.6 is 0 Å². The third kappa shape index (κ3) is 9.41. The van der Waals surface area contributed by atoms with Gasteiger partial charge in [0.05, 0.1) is 0 Å². The molecule has 23 heavy (non-hydrogen) atoms. The Bertz CT molecular complexity index is 326. The highest BCUT2D eigenvalue weighted by Gasteiger charge is 2.20. The van der Waals surface area contributed by atoms with Crippen molar-refractivity contribution < 1.29 is 0 Å². The van der Waals surface area contributed by atoms with E-state index in [1.165, 1.54) is 77.4 Å². The maximum atomic E-state index is 3.47. The van der Waals surface area contributed by atoms with E-state index in [0.29, 0.717) is 5.92 Å². The molecular formula is C22H41N. The van der Waals surface area contributed by atoms with Gasteiger partial charge in [-0.05, 0) is 50.6 Å². The lowest BCUT2D eigenvalue weighted by Gasteiger charge is -2.33. The normalized spacial score (nSPS) is 18.0. The average molecular weight is 320 g/mol. The van der Waals surface area contributed by atoms with E-state index in [0.717, 1.165) is 18.3 Å². The van der Waals surface area contributed by atoms with Crippen molar-refractivity contribution in [1.82, 2.24) is 4.90 Å². The van der Waals surface area contributed by atoms with Gasteiger partial charge in [-0.15, -0.1) is 11.8 Å². The highest BCUT2D eigenvalue weighted by molar-refractivity contribution is 5.02. The smallest absolute Gasteiger partial charge is 0.0174 e. The minimum absolute atomic E-state index is 0.600. The van der Waals surface area contributed by atoms with E-state index in [1.54, 1.807) is 0 Å². The van der Waals surface area contributed by atoms with Crippen LogP contribution in [0.3, 0.4) is 0 Å². The van der Waals surface area contributed by atoms with E-state index >= 15 is 0 Å². The summed E-state index contributed by atoms with van der Waals surface area (Å²) in [7, 11) is 0. The Kier molecular flexibility index (Phi) is 11.5. The van der Waals surface area contributed by atoms with Gasteiger partial charge < -0.3 is 4.90 Å². The van der Waals surface area contributed by atoms with E-state index < -0.39 is 0 Å². The van der Waals surface area contributed by atoms with Gasteiger partial charge in [0.15, 0.2) is 0 Å². The average Bonchev–Trinajstić information content (AvgIpc) is 2.58. The molecule has 0 aromatic carbocycles. The van der Waals surface area contributed by atoms with Crippen molar-refractivity contribution in [3.63, 3.8) is 0 Å². The highest BCUT2D eigenvalue weighted by atomic mass is 15.1. The number of hydrogen-bond acceptors (Lipinski definition) is 1. The van der Waals surface area contributed by atoms with Gasteiger partial charge in [0.1, 0.15) is 0 Å². The molecule has 1 atom stereocenters. The van der Waals surface area contributed by atoms with E-state index in [2.05, 4.69) is 44.4 Å². The van der Waals surface area contributed by atoms with Crippen molar-refractivity contribution in [2.75, 3.05) is 19.6 Å². The first kappa shape index (κ1) is 20.6. The van der Waals surface area contributed by atoms with Crippen LogP contribution in [0, 0.1) is 29.6 Å². The SMILES string of the molecule is CCCCCC(C)C#CCCC1CCN(CC(CC)CC)CC1. The minimum Gasteiger partial charge on any atom is -0.303 e. The zero-order valence-electron chi connectivity index (χ0n) is 16.4. The van der Waals surface area contributed by atoms with Gasteiger partial charge in [-0.2, -0.15) is 0 Å². The molecule has 1 rings (SSSR count). The molecule has 134 valence electrons. The molecule has 0 radical (unpaired) electrons. The zero-order chi connectivity index (χ0) is 16.9. The Morgan fingerprint density at radius 3 is 2.35 bits per heavy atom. The predicted octanol–water partition coefficient (Wildman–Crippen LogP) is 6.13. The van der Waals surface area contributed by atoms with Crippen molar-refractivity contribution >= 4 is 0 Å². The lowest BCUT2D eigenvalue weighted by atomic mass is 9.91. The second-order valence-corrected chi connectivity index (χ2v) is 7.68. The number of likely N-dealkylation sites (tertiary alicyclic amines) is 1. The van der Waals surface area contributed by atoms with E-state index in [-0.39, 0.29) is 0 Å². The molecule has 0 spiro atoms. The molecule has 1 fully saturated rings. The molecule has 0 amide bonds. The molecule has 1 nitrogen and oxygen atoms in total. The molecule has 1 heteroatoms. The van der Waals surface area contributed by atoms with Crippen LogP contribution in [-0.2, 0) is 0 Å². The van der Waals surface area contributed by atoms with Crippen molar-refractivity contribution in [3.8, 4) is 11.8 Å². The van der Waals surface area contributed by atoms with Gasteiger partial charge in [-0.25, -0.2) is 0 Å². The highest BCUT2D eigenvalue weighted by Crippen LogP contribution is 2.23. The van der Waals surface area contributed by atoms with Crippen LogP contribution in [-0.4, -0.2) is 24.5 Å². The molecule has 0 aromatic heterocycles. The summed E-state index contributed by atoms with van der Waals surface area (Å²) in [5, 5.41) is 0. The fourth-order valence-corrected chi connectivity index (χ4v) is 3.67. The van der Waals surface area contributed by atoms with E-state index in [9.17, 15) is 0 Å². The Hall–Kier alpha value is -0.480. The Morgan fingerprint density at radius 1 is 1.04 bits per heavy atom. The molecule has 0 N–H and O–H groups in total. The van der Waals surface area contributed by atoms with Gasteiger partial charge in [-0.1, -0.05) is 59.8 Å². The summed E-state index contributed by atoms with van der Waals surface area (Å²) in [5.41, 5.74) is 0. The monoisotopic (exact) mass is 319 g/mol. The number of unbranched alkanes of at least 4 members (excludes halogenated alkanes) is 2. The van der Waals surface area contributed by atoms with Crippen LogP contribution in [0.25, 0.3) is 0 Å². The van der Waals surface area contributed by atoms with Crippen molar-refractivity contribution in [1.29, 1.82) is 0 Å². The van der Waals surface area contributed by atoms with Crippen LogP contribution in [0.4, 0.5) is 0 Å². The summed E-state index contributed by atoms with van der Waals surface area (Å²) in [6.07, 6.45) is 13.2. The molecule has 1 aliphatic heterocycles. The molecular weight excluding hydrogens is 278 g/mol. The van der Waals surface area contributed by atoms with Crippen LogP contribution in [0.1, 0.15) is 91.9 Å². The van der Waals surface area contributed by atoms with Gasteiger partial charge in [0, 0.05) is 18.9 Å². The molecule has 1 unspecified atom stereocenters. The summed E-state index contributed by atoms with van der Waals surface area (Å²) in [6, 6.07) is 0. The summed E-state index contributed by atoms with van der Waals surface area (Å²) in [6.45, 7) is 13.2. The molecule has 1 heterocycles. The Morgan fingerprint density at radius 2 is 1.74 bits per heavy atom. The Labute approximate surface area is 146 Å². The molecule has 0 saturated carbocycles.